The summed E-state index contributed by atoms with van der Waals surface area (Å²) in [5.41, 5.74) is 7.86. The number of pyridine rings is 1. The molecule has 1 heterocycles. The predicted molar refractivity (Wildman–Crippen MR) is 87.0 cm³/mol. The van der Waals surface area contributed by atoms with E-state index in [0.29, 0.717) is 0 Å². The van der Waals surface area contributed by atoms with E-state index in [4.69, 9.17) is 5.73 Å². The van der Waals surface area contributed by atoms with Crippen LogP contribution in [0.5, 0.6) is 0 Å². The SMILES string of the molecule is CN(CCc1ccncc1)C1(CN)CCCC(C2CC2)C1. The highest BCUT2D eigenvalue weighted by molar-refractivity contribution is 5.10. The van der Waals surface area contributed by atoms with Crippen LogP contribution in [0.4, 0.5) is 0 Å². The molecule has 116 valence electrons. The summed E-state index contributed by atoms with van der Waals surface area (Å²) in [5.74, 6) is 1.95. The Morgan fingerprint density at radius 1 is 1.24 bits per heavy atom. The van der Waals surface area contributed by atoms with Crippen molar-refractivity contribution in [1.29, 1.82) is 0 Å². The van der Waals surface area contributed by atoms with Crippen molar-refractivity contribution in [1.82, 2.24) is 9.88 Å². The lowest BCUT2D eigenvalue weighted by Gasteiger charge is -2.47. The average Bonchev–Trinajstić information content (AvgIpc) is 3.38. The zero-order valence-electron chi connectivity index (χ0n) is 13.3. The average molecular weight is 287 g/mol. The zero-order chi connectivity index (χ0) is 14.7. The molecule has 1 aromatic heterocycles. The van der Waals surface area contributed by atoms with E-state index in [1.165, 1.54) is 44.1 Å². The highest BCUT2D eigenvalue weighted by atomic mass is 15.2. The lowest BCUT2D eigenvalue weighted by atomic mass is 9.73. The Balaban J connectivity index is 1.61. The van der Waals surface area contributed by atoms with E-state index < -0.39 is 0 Å². The molecule has 3 heteroatoms. The maximum Gasteiger partial charge on any atom is 0.0331 e. The van der Waals surface area contributed by atoms with E-state index in [-0.39, 0.29) is 5.54 Å². The van der Waals surface area contributed by atoms with Crippen LogP contribution in [0.15, 0.2) is 24.5 Å². The van der Waals surface area contributed by atoms with Crippen molar-refractivity contribution in [2.75, 3.05) is 20.1 Å². The number of hydrogen-bond donors (Lipinski definition) is 1. The van der Waals surface area contributed by atoms with Crippen LogP contribution in [-0.2, 0) is 6.42 Å². The minimum atomic E-state index is 0.249. The van der Waals surface area contributed by atoms with E-state index >= 15 is 0 Å². The van der Waals surface area contributed by atoms with Gasteiger partial charge in [0.05, 0.1) is 0 Å². The van der Waals surface area contributed by atoms with Gasteiger partial charge in [-0.3, -0.25) is 9.88 Å². The summed E-state index contributed by atoms with van der Waals surface area (Å²) in [7, 11) is 2.28. The maximum absolute atomic E-state index is 6.24. The predicted octanol–water partition coefficient (Wildman–Crippen LogP) is 2.85. The van der Waals surface area contributed by atoms with Gasteiger partial charge in [0.2, 0.25) is 0 Å². The smallest absolute Gasteiger partial charge is 0.0331 e. The van der Waals surface area contributed by atoms with Crippen molar-refractivity contribution in [3.05, 3.63) is 30.1 Å². The second-order valence-corrected chi connectivity index (χ2v) is 7.15. The molecule has 2 saturated carbocycles. The van der Waals surface area contributed by atoms with Crippen LogP contribution < -0.4 is 5.73 Å². The molecular formula is C18H29N3. The van der Waals surface area contributed by atoms with E-state index in [1.54, 1.807) is 0 Å². The quantitative estimate of drug-likeness (QED) is 0.875. The lowest BCUT2D eigenvalue weighted by molar-refractivity contribution is 0.0526. The monoisotopic (exact) mass is 287 g/mol. The van der Waals surface area contributed by atoms with Crippen LogP contribution in [0, 0.1) is 11.8 Å². The van der Waals surface area contributed by atoms with Crippen LogP contribution >= 0.6 is 0 Å². The molecule has 0 saturated heterocycles. The third-order valence-corrected chi connectivity index (χ3v) is 5.82. The third-order valence-electron chi connectivity index (χ3n) is 5.82. The summed E-state index contributed by atoms with van der Waals surface area (Å²) in [6, 6.07) is 4.24. The lowest BCUT2D eigenvalue weighted by Crippen LogP contribution is -2.55. The molecule has 2 unspecified atom stereocenters. The number of aromatic nitrogens is 1. The molecule has 0 aromatic carbocycles. The summed E-state index contributed by atoms with van der Waals surface area (Å²) in [6.45, 7) is 1.90. The van der Waals surface area contributed by atoms with Crippen molar-refractivity contribution in [2.24, 2.45) is 17.6 Å². The van der Waals surface area contributed by atoms with Crippen LogP contribution in [-0.4, -0.2) is 35.6 Å². The standard InChI is InChI=1S/C18H29N3/c1-21(12-8-15-6-10-20-11-7-15)18(14-19)9-2-3-17(13-18)16-4-5-16/h6-7,10-11,16-17H,2-5,8-9,12-14,19H2,1H3. The molecule has 21 heavy (non-hydrogen) atoms. The highest BCUT2D eigenvalue weighted by Crippen LogP contribution is 2.47. The van der Waals surface area contributed by atoms with Gasteiger partial charge in [-0.2, -0.15) is 0 Å². The first-order valence-electron chi connectivity index (χ1n) is 8.54. The van der Waals surface area contributed by atoms with E-state index in [9.17, 15) is 0 Å². The number of hydrogen-bond acceptors (Lipinski definition) is 3. The Morgan fingerprint density at radius 3 is 2.67 bits per heavy atom. The number of nitrogens with two attached hydrogens (primary N) is 1. The highest BCUT2D eigenvalue weighted by Gasteiger charge is 2.43. The molecule has 0 aliphatic heterocycles. The van der Waals surface area contributed by atoms with Crippen LogP contribution in [0.2, 0.25) is 0 Å². The zero-order valence-corrected chi connectivity index (χ0v) is 13.3. The van der Waals surface area contributed by atoms with E-state index in [1.807, 2.05) is 12.4 Å². The fourth-order valence-corrected chi connectivity index (χ4v) is 4.13. The largest absolute Gasteiger partial charge is 0.329 e. The van der Waals surface area contributed by atoms with Crippen molar-refractivity contribution in [3.63, 3.8) is 0 Å². The van der Waals surface area contributed by atoms with Gasteiger partial charge in [0.1, 0.15) is 0 Å². The maximum atomic E-state index is 6.24. The summed E-state index contributed by atoms with van der Waals surface area (Å²) >= 11 is 0. The molecule has 1 aromatic rings. The van der Waals surface area contributed by atoms with Gasteiger partial charge >= 0.3 is 0 Å². The normalized spacial score (nSPS) is 29.8. The van der Waals surface area contributed by atoms with E-state index in [0.717, 1.165) is 31.3 Å². The van der Waals surface area contributed by atoms with Crippen molar-refractivity contribution >= 4 is 0 Å². The second kappa shape index (κ2) is 6.45. The van der Waals surface area contributed by atoms with Gasteiger partial charge in [0.15, 0.2) is 0 Å². The molecule has 2 aliphatic carbocycles. The van der Waals surface area contributed by atoms with Gasteiger partial charge in [-0.15, -0.1) is 0 Å². The molecule has 2 atom stereocenters. The van der Waals surface area contributed by atoms with Gasteiger partial charge < -0.3 is 5.73 Å². The Morgan fingerprint density at radius 2 is 2.00 bits per heavy atom. The molecule has 2 fully saturated rings. The van der Waals surface area contributed by atoms with Gasteiger partial charge in [0, 0.05) is 31.0 Å². The summed E-state index contributed by atoms with van der Waals surface area (Å²) in [5, 5.41) is 0. The topological polar surface area (TPSA) is 42.2 Å². The van der Waals surface area contributed by atoms with Crippen LogP contribution in [0.25, 0.3) is 0 Å². The van der Waals surface area contributed by atoms with Gasteiger partial charge in [-0.25, -0.2) is 0 Å². The van der Waals surface area contributed by atoms with Crippen LogP contribution in [0.3, 0.4) is 0 Å². The third kappa shape index (κ3) is 3.46. The molecule has 0 spiro atoms. The Labute approximate surface area is 128 Å². The molecule has 0 radical (unpaired) electrons. The van der Waals surface area contributed by atoms with Crippen molar-refractivity contribution in [3.8, 4) is 0 Å². The van der Waals surface area contributed by atoms with Crippen molar-refractivity contribution < 1.29 is 0 Å². The Kier molecular flexibility index (Phi) is 4.60. The first kappa shape index (κ1) is 15.0. The number of nitrogens with zero attached hydrogens (tertiary/aromatic N) is 2. The second-order valence-electron chi connectivity index (χ2n) is 7.15. The summed E-state index contributed by atoms with van der Waals surface area (Å²) < 4.78 is 0. The number of rotatable bonds is 6. The Bertz CT molecular complexity index is 443. The van der Waals surface area contributed by atoms with Gasteiger partial charge in [0.25, 0.3) is 0 Å². The molecule has 2 N–H and O–H groups in total. The van der Waals surface area contributed by atoms with Crippen LogP contribution in [0.1, 0.15) is 44.1 Å². The van der Waals surface area contributed by atoms with E-state index in [2.05, 4.69) is 29.1 Å². The summed E-state index contributed by atoms with van der Waals surface area (Å²) in [6.07, 6.45) is 13.2. The molecule has 0 bridgehead atoms. The molecule has 3 rings (SSSR count). The number of likely N-dealkylation sites (N-methyl/N-ethyl adjacent to an activating group) is 1. The fourth-order valence-electron chi connectivity index (χ4n) is 4.13. The molecule has 0 amide bonds. The Hall–Kier alpha value is -0.930. The minimum Gasteiger partial charge on any atom is -0.329 e. The molecule has 2 aliphatic rings. The molecular weight excluding hydrogens is 258 g/mol. The minimum absolute atomic E-state index is 0.249. The van der Waals surface area contributed by atoms with Crippen molar-refractivity contribution in [2.45, 2.75) is 50.5 Å². The first-order valence-corrected chi connectivity index (χ1v) is 8.54. The first-order chi connectivity index (χ1) is 10.2. The van der Waals surface area contributed by atoms with Gasteiger partial charge in [-0.05, 0) is 68.7 Å². The fraction of sp³-hybridized carbons (Fsp3) is 0.722. The summed E-state index contributed by atoms with van der Waals surface area (Å²) in [4.78, 5) is 6.65. The molecule has 3 nitrogen and oxygen atoms in total. The van der Waals surface area contributed by atoms with Gasteiger partial charge in [-0.1, -0.05) is 12.8 Å².